The summed E-state index contributed by atoms with van der Waals surface area (Å²) in [4.78, 5) is 18.1. The minimum atomic E-state index is -0.865. The lowest BCUT2D eigenvalue weighted by Crippen LogP contribution is -2.01. The Morgan fingerprint density at radius 2 is 2.18 bits per heavy atom. The van der Waals surface area contributed by atoms with Crippen LogP contribution in [-0.2, 0) is 11.2 Å². The molecule has 88 valence electrons. The molecule has 0 spiro atoms. The lowest BCUT2D eigenvalue weighted by Gasteiger charge is -1.97. The Labute approximate surface area is 99.3 Å². The van der Waals surface area contributed by atoms with Crippen LogP contribution in [0.15, 0.2) is 24.3 Å². The van der Waals surface area contributed by atoms with Crippen molar-refractivity contribution in [1.82, 2.24) is 9.97 Å². The number of nitrogens with zero attached hydrogens (tertiary/aromatic N) is 1. The highest BCUT2D eigenvalue weighted by atomic mass is 16.4. The second-order valence-corrected chi connectivity index (χ2v) is 4.10. The van der Waals surface area contributed by atoms with Crippen molar-refractivity contribution in [2.45, 2.75) is 20.3 Å². The van der Waals surface area contributed by atoms with Gasteiger partial charge in [0.05, 0.1) is 12.1 Å². The van der Waals surface area contributed by atoms with E-state index in [0.29, 0.717) is 5.69 Å². The average molecular weight is 230 g/mol. The van der Waals surface area contributed by atoms with Gasteiger partial charge in [0.1, 0.15) is 5.82 Å². The molecule has 2 aromatic rings. The van der Waals surface area contributed by atoms with Gasteiger partial charge in [-0.15, -0.1) is 0 Å². The Hall–Kier alpha value is -2.10. The van der Waals surface area contributed by atoms with Crippen LogP contribution >= 0.6 is 0 Å². The van der Waals surface area contributed by atoms with Gasteiger partial charge in [0.2, 0.25) is 0 Å². The minimum Gasteiger partial charge on any atom is -0.481 e. The molecule has 0 saturated carbocycles. The number of hydrogen-bond donors (Lipinski definition) is 2. The van der Waals surface area contributed by atoms with E-state index >= 15 is 0 Å². The van der Waals surface area contributed by atoms with Gasteiger partial charge in [-0.2, -0.15) is 0 Å². The molecule has 0 aliphatic rings. The normalized spacial score (nSPS) is 10.5. The molecule has 1 aromatic heterocycles. The number of aliphatic carboxylic acids is 1. The van der Waals surface area contributed by atoms with E-state index in [-0.39, 0.29) is 6.42 Å². The Morgan fingerprint density at radius 1 is 1.41 bits per heavy atom. The summed E-state index contributed by atoms with van der Waals surface area (Å²) in [6.07, 6.45) is -0.0475. The highest BCUT2D eigenvalue weighted by molar-refractivity contribution is 5.70. The summed E-state index contributed by atoms with van der Waals surface area (Å²) in [5.41, 5.74) is 3.53. The molecule has 0 bridgehead atoms. The molecule has 4 nitrogen and oxygen atoms in total. The smallest absolute Gasteiger partial charge is 0.309 e. The first kappa shape index (κ1) is 11.4. The lowest BCUT2D eigenvalue weighted by atomic mass is 10.1. The van der Waals surface area contributed by atoms with Crippen LogP contribution in [0.1, 0.15) is 17.0 Å². The fraction of sp³-hybridized carbons (Fsp3) is 0.231. The fourth-order valence-corrected chi connectivity index (χ4v) is 1.74. The topological polar surface area (TPSA) is 66.0 Å². The molecular weight excluding hydrogens is 216 g/mol. The van der Waals surface area contributed by atoms with E-state index in [4.69, 9.17) is 5.11 Å². The van der Waals surface area contributed by atoms with Gasteiger partial charge in [0, 0.05) is 11.3 Å². The highest BCUT2D eigenvalue weighted by Gasteiger charge is 2.11. The number of aromatic nitrogens is 2. The fourth-order valence-electron chi connectivity index (χ4n) is 1.74. The second kappa shape index (κ2) is 4.41. The van der Waals surface area contributed by atoms with Gasteiger partial charge in [-0.05, 0) is 19.9 Å². The van der Waals surface area contributed by atoms with Crippen LogP contribution in [0.2, 0.25) is 0 Å². The van der Waals surface area contributed by atoms with E-state index < -0.39 is 5.97 Å². The number of carboxylic acid groups (broad SMARTS) is 1. The monoisotopic (exact) mass is 230 g/mol. The number of aryl methyl sites for hydroxylation is 2. The van der Waals surface area contributed by atoms with Crippen molar-refractivity contribution in [3.8, 4) is 11.4 Å². The van der Waals surface area contributed by atoms with E-state index in [9.17, 15) is 4.79 Å². The minimum absolute atomic E-state index is 0.0475. The zero-order valence-electron chi connectivity index (χ0n) is 9.82. The molecule has 4 heteroatoms. The van der Waals surface area contributed by atoms with Crippen molar-refractivity contribution in [3.63, 3.8) is 0 Å². The first-order valence-corrected chi connectivity index (χ1v) is 5.40. The molecule has 0 aliphatic heterocycles. The third-order valence-corrected chi connectivity index (χ3v) is 2.60. The molecule has 0 unspecified atom stereocenters. The molecule has 17 heavy (non-hydrogen) atoms. The van der Waals surface area contributed by atoms with E-state index in [0.717, 1.165) is 22.6 Å². The number of rotatable bonds is 3. The molecule has 2 rings (SSSR count). The third-order valence-electron chi connectivity index (χ3n) is 2.60. The molecular formula is C13H14N2O2. The third kappa shape index (κ3) is 2.53. The maximum absolute atomic E-state index is 10.7. The SMILES string of the molecule is Cc1cccc(-c2nc(CC(=O)O)c(C)[nH]2)c1. The van der Waals surface area contributed by atoms with E-state index in [1.807, 2.05) is 38.1 Å². The average Bonchev–Trinajstić information content (AvgIpc) is 2.59. The van der Waals surface area contributed by atoms with Crippen LogP contribution in [0.25, 0.3) is 11.4 Å². The molecule has 2 N–H and O–H groups in total. The molecule has 1 heterocycles. The Morgan fingerprint density at radius 3 is 2.82 bits per heavy atom. The maximum atomic E-state index is 10.7. The lowest BCUT2D eigenvalue weighted by molar-refractivity contribution is -0.136. The zero-order chi connectivity index (χ0) is 12.4. The van der Waals surface area contributed by atoms with Crippen molar-refractivity contribution >= 4 is 5.97 Å². The van der Waals surface area contributed by atoms with E-state index in [1.165, 1.54) is 0 Å². The molecule has 0 amide bonds. The molecule has 0 aliphatic carbocycles. The van der Waals surface area contributed by atoms with E-state index in [2.05, 4.69) is 9.97 Å². The van der Waals surface area contributed by atoms with Gasteiger partial charge in [-0.3, -0.25) is 4.79 Å². The van der Waals surface area contributed by atoms with E-state index in [1.54, 1.807) is 0 Å². The van der Waals surface area contributed by atoms with Crippen LogP contribution in [0.5, 0.6) is 0 Å². The summed E-state index contributed by atoms with van der Waals surface area (Å²) in [5.74, 6) is -0.141. The first-order valence-electron chi connectivity index (χ1n) is 5.40. The van der Waals surface area contributed by atoms with Crippen molar-refractivity contribution in [1.29, 1.82) is 0 Å². The summed E-state index contributed by atoms with van der Waals surface area (Å²) >= 11 is 0. The quantitative estimate of drug-likeness (QED) is 0.850. The Bertz CT molecular complexity index is 558. The van der Waals surface area contributed by atoms with Crippen LogP contribution in [0.3, 0.4) is 0 Å². The van der Waals surface area contributed by atoms with Gasteiger partial charge >= 0.3 is 5.97 Å². The van der Waals surface area contributed by atoms with Crippen LogP contribution in [0.4, 0.5) is 0 Å². The number of aromatic amines is 1. The summed E-state index contributed by atoms with van der Waals surface area (Å²) in [7, 11) is 0. The van der Waals surface area contributed by atoms with Gasteiger partial charge in [0.15, 0.2) is 0 Å². The molecule has 0 radical (unpaired) electrons. The standard InChI is InChI=1S/C13H14N2O2/c1-8-4-3-5-10(6-8)13-14-9(2)11(15-13)7-12(16)17/h3-6H,7H2,1-2H3,(H,14,15)(H,16,17). The second-order valence-electron chi connectivity index (χ2n) is 4.10. The number of benzene rings is 1. The summed E-state index contributed by atoms with van der Waals surface area (Å²) < 4.78 is 0. The van der Waals surface area contributed by atoms with Gasteiger partial charge in [-0.1, -0.05) is 23.8 Å². The van der Waals surface area contributed by atoms with Gasteiger partial charge in [0.25, 0.3) is 0 Å². The van der Waals surface area contributed by atoms with Crippen molar-refractivity contribution in [3.05, 3.63) is 41.2 Å². The largest absolute Gasteiger partial charge is 0.481 e. The van der Waals surface area contributed by atoms with Gasteiger partial charge in [-0.25, -0.2) is 4.98 Å². The number of imidazole rings is 1. The summed E-state index contributed by atoms with van der Waals surface area (Å²) in [6, 6.07) is 7.94. The number of H-pyrrole nitrogens is 1. The molecule has 0 fully saturated rings. The predicted octanol–water partition coefficient (Wildman–Crippen LogP) is 2.32. The number of nitrogens with one attached hydrogen (secondary N) is 1. The highest BCUT2D eigenvalue weighted by Crippen LogP contribution is 2.19. The maximum Gasteiger partial charge on any atom is 0.309 e. The molecule has 0 atom stereocenters. The van der Waals surface area contributed by atoms with Crippen molar-refractivity contribution < 1.29 is 9.90 Å². The van der Waals surface area contributed by atoms with Crippen LogP contribution < -0.4 is 0 Å². The number of carbonyl (C=O) groups is 1. The van der Waals surface area contributed by atoms with Crippen molar-refractivity contribution in [2.75, 3.05) is 0 Å². The molecule has 1 aromatic carbocycles. The van der Waals surface area contributed by atoms with Crippen molar-refractivity contribution in [2.24, 2.45) is 0 Å². The predicted molar refractivity (Wildman–Crippen MR) is 64.8 cm³/mol. The molecule has 0 saturated heterocycles. The zero-order valence-corrected chi connectivity index (χ0v) is 9.82. The number of hydrogen-bond acceptors (Lipinski definition) is 2. The number of carboxylic acids is 1. The van der Waals surface area contributed by atoms with Gasteiger partial charge < -0.3 is 10.1 Å². The summed E-state index contributed by atoms with van der Waals surface area (Å²) in [5, 5.41) is 8.76. The van der Waals surface area contributed by atoms with Crippen LogP contribution in [-0.4, -0.2) is 21.0 Å². The summed E-state index contributed by atoms with van der Waals surface area (Å²) in [6.45, 7) is 3.85. The van der Waals surface area contributed by atoms with Crippen LogP contribution in [0, 0.1) is 13.8 Å². The first-order chi connectivity index (χ1) is 8.06. The Balaban J connectivity index is 2.37. The Kier molecular flexibility index (Phi) is 2.95.